The Bertz CT molecular complexity index is 1090. The predicted molar refractivity (Wildman–Crippen MR) is 119 cm³/mol. The maximum Gasteiger partial charge on any atom is 0.267 e. The molecule has 0 aliphatic carbocycles. The molecule has 1 aromatic heterocycles. The molecule has 0 fully saturated rings. The summed E-state index contributed by atoms with van der Waals surface area (Å²) in [5.41, 5.74) is 4.99. The van der Waals surface area contributed by atoms with Crippen LogP contribution in [0.25, 0.3) is 11.3 Å². The van der Waals surface area contributed by atoms with E-state index in [0.29, 0.717) is 12.3 Å². The average Bonchev–Trinajstić information content (AvgIpc) is 2.71. The number of benzene rings is 2. The SMILES string of the molecule is CCOc1ccc(-c2ccc(=O)n(C(C)C(=O)Nc3c(C)cc(C)cc3C)n2)cc1. The highest BCUT2D eigenvalue weighted by Crippen LogP contribution is 2.24. The van der Waals surface area contributed by atoms with Gasteiger partial charge in [-0.05, 0) is 76.1 Å². The lowest BCUT2D eigenvalue weighted by atomic mass is 10.0. The number of nitrogens with zero attached hydrogens (tertiary/aromatic N) is 2. The van der Waals surface area contributed by atoms with Crippen molar-refractivity contribution in [3.63, 3.8) is 0 Å². The maximum absolute atomic E-state index is 12.9. The molecule has 1 amide bonds. The minimum absolute atomic E-state index is 0.288. The Kier molecular flexibility index (Phi) is 6.35. The minimum Gasteiger partial charge on any atom is -0.494 e. The molecule has 6 nitrogen and oxygen atoms in total. The molecule has 1 atom stereocenters. The molecule has 3 aromatic rings. The molecule has 0 aliphatic heterocycles. The number of nitrogens with one attached hydrogen (secondary N) is 1. The smallest absolute Gasteiger partial charge is 0.267 e. The number of hydrogen-bond acceptors (Lipinski definition) is 4. The number of carbonyl (C=O) groups is 1. The van der Waals surface area contributed by atoms with Crippen LogP contribution < -0.4 is 15.6 Å². The quantitative estimate of drug-likeness (QED) is 0.658. The lowest BCUT2D eigenvalue weighted by Gasteiger charge is -2.18. The predicted octanol–water partition coefficient (Wildman–Crippen LogP) is 4.43. The number of anilines is 1. The van der Waals surface area contributed by atoms with Crippen LogP contribution in [0.2, 0.25) is 0 Å². The zero-order valence-corrected chi connectivity index (χ0v) is 18.0. The largest absolute Gasteiger partial charge is 0.494 e. The number of amides is 1. The van der Waals surface area contributed by atoms with Crippen molar-refractivity contribution in [2.75, 3.05) is 11.9 Å². The molecule has 3 rings (SSSR count). The van der Waals surface area contributed by atoms with Gasteiger partial charge in [-0.25, -0.2) is 4.68 Å². The molecular weight excluding hydrogens is 378 g/mol. The fourth-order valence-corrected chi connectivity index (χ4v) is 3.46. The van der Waals surface area contributed by atoms with Gasteiger partial charge in [0.05, 0.1) is 12.3 Å². The molecule has 30 heavy (non-hydrogen) atoms. The van der Waals surface area contributed by atoms with Crippen LogP contribution in [0.5, 0.6) is 5.75 Å². The molecule has 0 saturated heterocycles. The van der Waals surface area contributed by atoms with Gasteiger partial charge in [0.15, 0.2) is 0 Å². The third-order valence-electron chi connectivity index (χ3n) is 4.96. The number of carbonyl (C=O) groups excluding carboxylic acids is 1. The second-order valence-corrected chi connectivity index (χ2v) is 7.40. The van der Waals surface area contributed by atoms with Crippen LogP contribution in [-0.2, 0) is 4.79 Å². The first-order valence-corrected chi connectivity index (χ1v) is 10.0. The van der Waals surface area contributed by atoms with Crippen molar-refractivity contribution in [1.29, 1.82) is 0 Å². The molecule has 0 aliphatic rings. The van der Waals surface area contributed by atoms with Crippen LogP contribution in [0.1, 0.15) is 36.6 Å². The molecule has 6 heteroatoms. The van der Waals surface area contributed by atoms with Crippen molar-refractivity contribution in [2.45, 2.75) is 40.7 Å². The summed E-state index contributed by atoms with van der Waals surface area (Å²) in [4.78, 5) is 25.3. The molecular formula is C24H27N3O3. The van der Waals surface area contributed by atoms with Crippen LogP contribution in [0, 0.1) is 20.8 Å². The van der Waals surface area contributed by atoms with Crippen molar-refractivity contribution >= 4 is 11.6 Å². The third-order valence-corrected chi connectivity index (χ3v) is 4.96. The summed E-state index contributed by atoms with van der Waals surface area (Å²) in [6.07, 6.45) is 0. The third kappa shape index (κ3) is 4.59. The molecule has 156 valence electrons. The highest BCUT2D eigenvalue weighted by atomic mass is 16.5. The van der Waals surface area contributed by atoms with Crippen LogP contribution in [-0.4, -0.2) is 22.3 Å². The van der Waals surface area contributed by atoms with E-state index in [1.165, 1.54) is 10.7 Å². The van der Waals surface area contributed by atoms with Gasteiger partial charge in [0, 0.05) is 17.3 Å². The van der Waals surface area contributed by atoms with Crippen molar-refractivity contribution in [3.8, 4) is 17.0 Å². The van der Waals surface area contributed by atoms with Gasteiger partial charge in [-0.3, -0.25) is 9.59 Å². The Labute approximate surface area is 176 Å². The Balaban J connectivity index is 1.87. The van der Waals surface area contributed by atoms with Gasteiger partial charge in [-0.15, -0.1) is 0 Å². The van der Waals surface area contributed by atoms with Crippen molar-refractivity contribution in [2.24, 2.45) is 0 Å². The minimum atomic E-state index is -0.764. The molecule has 1 N–H and O–H groups in total. The number of aromatic nitrogens is 2. The van der Waals surface area contributed by atoms with E-state index in [9.17, 15) is 9.59 Å². The van der Waals surface area contributed by atoms with Gasteiger partial charge in [-0.1, -0.05) is 17.7 Å². The Morgan fingerprint density at radius 3 is 2.30 bits per heavy atom. The van der Waals surface area contributed by atoms with E-state index in [4.69, 9.17) is 4.74 Å². The van der Waals surface area contributed by atoms with E-state index < -0.39 is 6.04 Å². The molecule has 1 heterocycles. The van der Waals surface area contributed by atoms with Crippen LogP contribution in [0.15, 0.2) is 53.3 Å². The summed E-state index contributed by atoms with van der Waals surface area (Å²) in [6, 6.07) is 13.8. The fourth-order valence-electron chi connectivity index (χ4n) is 3.46. The summed E-state index contributed by atoms with van der Waals surface area (Å²) < 4.78 is 6.69. The standard InChI is InChI=1S/C24H27N3O3/c1-6-30-20-9-7-19(8-10-20)21-11-12-22(28)27(26-21)18(5)24(29)25-23-16(3)13-15(2)14-17(23)4/h7-14,18H,6H2,1-5H3,(H,25,29). The Morgan fingerprint density at radius 1 is 1.07 bits per heavy atom. The molecule has 1 unspecified atom stereocenters. The van der Waals surface area contributed by atoms with Crippen molar-refractivity contribution < 1.29 is 9.53 Å². The monoisotopic (exact) mass is 405 g/mol. The summed E-state index contributed by atoms with van der Waals surface area (Å²) in [5, 5.41) is 7.40. The summed E-state index contributed by atoms with van der Waals surface area (Å²) >= 11 is 0. The van der Waals surface area contributed by atoms with Gasteiger partial charge in [0.2, 0.25) is 5.91 Å². The summed E-state index contributed by atoms with van der Waals surface area (Å²) in [7, 11) is 0. The molecule has 0 spiro atoms. The van der Waals surface area contributed by atoms with Gasteiger partial charge < -0.3 is 10.1 Å². The number of ether oxygens (including phenoxy) is 1. The molecule has 0 saturated carbocycles. The van der Waals surface area contributed by atoms with E-state index in [2.05, 4.69) is 10.4 Å². The van der Waals surface area contributed by atoms with Crippen LogP contribution in [0.4, 0.5) is 5.69 Å². The first-order valence-electron chi connectivity index (χ1n) is 10.0. The van der Waals surface area contributed by atoms with Gasteiger partial charge >= 0.3 is 0 Å². The van der Waals surface area contributed by atoms with Gasteiger partial charge in [-0.2, -0.15) is 5.10 Å². The van der Waals surface area contributed by atoms with E-state index in [1.54, 1.807) is 13.0 Å². The second kappa shape index (κ2) is 8.95. The van der Waals surface area contributed by atoms with E-state index in [1.807, 2.05) is 64.1 Å². The van der Waals surface area contributed by atoms with Crippen molar-refractivity contribution in [3.05, 3.63) is 75.6 Å². The Hall–Kier alpha value is -3.41. The topological polar surface area (TPSA) is 73.2 Å². The second-order valence-electron chi connectivity index (χ2n) is 7.40. The first-order chi connectivity index (χ1) is 14.3. The number of aryl methyl sites for hydroxylation is 3. The molecule has 0 radical (unpaired) electrons. The highest BCUT2D eigenvalue weighted by Gasteiger charge is 2.19. The summed E-state index contributed by atoms with van der Waals surface area (Å²) in [5.74, 6) is 0.481. The first kappa shape index (κ1) is 21.3. The molecule has 2 aromatic carbocycles. The van der Waals surface area contributed by atoms with Crippen LogP contribution >= 0.6 is 0 Å². The number of hydrogen-bond donors (Lipinski definition) is 1. The zero-order valence-electron chi connectivity index (χ0n) is 18.0. The van der Waals surface area contributed by atoms with E-state index in [0.717, 1.165) is 33.7 Å². The normalized spacial score (nSPS) is 11.8. The summed E-state index contributed by atoms with van der Waals surface area (Å²) in [6.45, 7) is 10.1. The lowest BCUT2D eigenvalue weighted by Crippen LogP contribution is -2.33. The average molecular weight is 405 g/mol. The zero-order chi connectivity index (χ0) is 21.8. The Morgan fingerprint density at radius 2 is 1.70 bits per heavy atom. The molecule has 0 bridgehead atoms. The maximum atomic E-state index is 12.9. The fraction of sp³-hybridized carbons (Fsp3) is 0.292. The van der Waals surface area contributed by atoms with Crippen LogP contribution in [0.3, 0.4) is 0 Å². The van der Waals surface area contributed by atoms with Gasteiger partial charge in [0.1, 0.15) is 11.8 Å². The van der Waals surface area contributed by atoms with E-state index in [-0.39, 0.29) is 11.5 Å². The highest BCUT2D eigenvalue weighted by molar-refractivity contribution is 5.94. The van der Waals surface area contributed by atoms with Gasteiger partial charge in [0.25, 0.3) is 5.56 Å². The lowest BCUT2D eigenvalue weighted by molar-refractivity contribution is -0.119. The van der Waals surface area contributed by atoms with E-state index >= 15 is 0 Å². The van der Waals surface area contributed by atoms with Crippen molar-refractivity contribution in [1.82, 2.24) is 9.78 Å². The number of rotatable bonds is 6.